The van der Waals surface area contributed by atoms with Crippen molar-refractivity contribution in [2.24, 2.45) is 0 Å². The zero-order valence-electron chi connectivity index (χ0n) is 26.3. The van der Waals surface area contributed by atoms with Crippen LogP contribution in [0.2, 0.25) is 10.4 Å². The summed E-state index contributed by atoms with van der Waals surface area (Å²) < 4.78 is 1.78. The van der Waals surface area contributed by atoms with Gasteiger partial charge in [0.1, 0.15) is 74.2 Å². The first-order valence-electron chi connectivity index (χ1n) is 14.6. The van der Waals surface area contributed by atoms with Gasteiger partial charge in [-0.05, 0) is 42.2 Å². The molecule has 0 aromatic carbocycles. The van der Waals surface area contributed by atoms with Gasteiger partial charge in [-0.25, -0.2) is 9.97 Å². The molecule has 3 aromatic rings. The second-order valence-electron chi connectivity index (χ2n) is 14.6. The number of rotatable bonds is 5. The highest BCUT2D eigenvalue weighted by atomic mass is 16.1. The smallest absolute Gasteiger partial charge is 0.263 e. The Hall–Kier alpha value is -2.81. The van der Waals surface area contributed by atoms with E-state index in [4.69, 9.17) is 9.97 Å². The Bertz CT molecular complexity index is 1560. The molecule has 1 saturated carbocycles. The second-order valence-corrected chi connectivity index (χ2v) is 14.6. The van der Waals surface area contributed by atoms with Crippen LogP contribution in [0.5, 0.6) is 0 Å². The molecule has 1 aliphatic heterocycles. The molecule has 0 atom stereocenters. The molecule has 4 heterocycles. The molecule has 9 nitrogen and oxygen atoms in total. The molecule has 0 bridgehead atoms. The third-order valence-corrected chi connectivity index (χ3v) is 9.28. The molecule has 0 unspecified atom stereocenters. The number of Topliss-reactive ketones (excluding diaryl/α,β-unsaturated/α-hetero) is 1. The highest BCUT2D eigenvalue weighted by Crippen LogP contribution is 2.59. The third-order valence-electron chi connectivity index (χ3n) is 9.28. The van der Waals surface area contributed by atoms with Gasteiger partial charge in [0.05, 0.1) is 17.4 Å². The van der Waals surface area contributed by atoms with Gasteiger partial charge in [0.15, 0.2) is 5.78 Å². The van der Waals surface area contributed by atoms with Crippen molar-refractivity contribution in [3.63, 3.8) is 0 Å². The number of carbonyl (C=O) groups excluding carboxylic acids is 1. The molecule has 5 rings (SSSR count). The number of aromatic nitrogens is 4. The van der Waals surface area contributed by atoms with Gasteiger partial charge in [-0.15, -0.1) is 0 Å². The van der Waals surface area contributed by atoms with Crippen molar-refractivity contribution < 1.29 is 4.79 Å². The first-order valence-corrected chi connectivity index (χ1v) is 14.6. The van der Waals surface area contributed by atoms with E-state index in [-0.39, 0.29) is 44.1 Å². The summed E-state index contributed by atoms with van der Waals surface area (Å²) in [5.74, 6) is 0.739. The molecule has 41 heavy (non-hydrogen) atoms. The van der Waals surface area contributed by atoms with Gasteiger partial charge < -0.3 is 15.5 Å². The maximum atomic E-state index is 14.0. The summed E-state index contributed by atoms with van der Waals surface area (Å²) in [6.07, 6.45) is 5.57. The van der Waals surface area contributed by atoms with Crippen LogP contribution >= 0.6 is 0 Å². The van der Waals surface area contributed by atoms with E-state index < -0.39 is 0 Å². The number of nitrogens with zero attached hydrogens (tertiary/aromatic N) is 5. The lowest BCUT2D eigenvalue weighted by Gasteiger charge is -2.55. The van der Waals surface area contributed by atoms with Crippen molar-refractivity contribution in [1.82, 2.24) is 24.8 Å². The molecule has 204 valence electrons. The quantitative estimate of drug-likeness (QED) is 0.244. The molecule has 2 N–H and O–H groups in total. The lowest BCUT2D eigenvalue weighted by molar-refractivity contribution is 0.101. The molecule has 2 fully saturated rings. The minimum atomic E-state index is -0.274. The number of aryl methyl sites for hydroxylation is 1. The summed E-state index contributed by atoms with van der Waals surface area (Å²) in [6, 6.07) is 3.89. The highest BCUT2D eigenvalue weighted by Gasteiger charge is 2.49. The van der Waals surface area contributed by atoms with Gasteiger partial charge in [0.2, 0.25) is 5.95 Å². The van der Waals surface area contributed by atoms with E-state index in [1.54, 1.807) is 10.8 Å². The molecule has 2 aliphatic rings. The maximum Gasteiger partial charge on any atom is 0.263 e. The summed E-state index contributed by atoms with van der Waals surface area (Å²) >= 11 is 0. The number of pyridine rings is 2. The number of hydrogen-bond donors (Lipinski definition) is 2. The van der Waals surface area contributed by atoms with Gasteiger partial charge >= 0.3 is 0 Å². The van der Waals surface area contributed by atoms with E-state index in [0.717, 1.165) is 31.6 Å². The number of hydrogen-bond acceptors (Lipinski definition) is 8. The molecule has 0 spiro atoms. The van der Waals surface area contributed by atoms with E-state index >= 15 is 0 Å². The van der Waals surface area contributed by atoms with Crippen LogP contribution in [0.3, 0.4) is 0 Å². The third kappa shape index (κ3) is 5.08. The number of carbonyl (C=O) groups is 1. The zero-order chi connectivity index (χ0) is 30.1. The molecule has 1 aliphatic carbocycles. The van der Waals surface area contributed by atoms with Crippen LogP contribution in [0.1, 0.15) is 41.7 Å². The lowest BCUT2D eigenvalue weighted by atomic mass is 9.43. The Morgan fingerprint density at radius 2 is 1.59 bits per heavy atom. The Kier molecular flexibility index (Phi) is 7.16. The first kappa shape index (κ1) is 29.7. The Labute approximate surface area is 249 Å². The van der Waals surface area contributed by atoms with Crippen LogP contribution in [0.4, 0.5) is 17.5 Å². The molecule has 1 saturated heterocycles. The van der Waals surface area contributed by atoms with Crippen molar-refractivity contribution in [3.05, 3.63) is 46.0 Å². The fourth-order valence-electron chi connectivity index (χ4n) is 7.78. The average Bonchev–Trinajstić information content (AvgIpc) is 3.06. The van der Waals surface area contributed by atoms with Crippen molar-refractivity contribution in [2.45, 2.75) is 53.8 Å². The molecular formula is C24H37B8N7O2. The van der Waals surface area contributed by atoms with E-state index in [9.17, 15) is 9.59 Å². The maximum absolute atomic E-state index is 14.0. The number of nitrogens with one attached hydrogen (secondary N) is 2. The first-order chi connectivity index (χ1) is 19.0. The topological polar surface area (TPSA) is 105 Å². The zero-order valence-corrected chi connectivity index (χ0v) is 26.3. The van der Waals surface area contributed by atoms with E-state index in [1.807, 2.05) is 19.2 Å². The molecular weight excluding hydrogens is 505 g/mol. The SMILES string of the molecule is BC1(B)CCC(B)(B)C1n1c(=O)c(C(C)=O)c(C)c2cnc(Nc3ccc(N4C(B)(B)CNCC4(B)B)cn3)nc21. The predicted molar refractivity (Wildman–Crippen MR) is 189 cm³/mol. The lowest BCUT2D eigenvalue weighted by Crippen LogP contribution is -2.74. The highest BCUT2D eigenvalue weighted by molar-refractivity contribution is 6.48. The van der Waals surface area contributed by atoms with E-state index in [2.05, 4.69) is 89.4 Å². The fourth-order valence-corrected chi connectivity index (χ4v) is 7.78. The summed E-state index contributed by atoms with van der Waals surface area (Å²) in [7, 11) is 17.7. The minimum absolute atomic E-state index is 0.0676. The number of ketones is 1. The van der Waals surface area contributed by atoms with Gasteiger partial charge in [-0.3, -0.25) is 14.2 Å². The average molecular weight is 542 g/mol. The van der Waals surface area contributed by atoms with Crippen molar-refractivity contribution in [2.75, 3.05) is 23.3 Å². The Morgan fingerprint density at radius 1 is 0.976 bits per heavy atom. The number of piperazine rings is 1. The Morgan fingerprint density at radius 3 is 2.12 bits per heavy atom. The standard InChI is InChI=1S/C24H37B8N7O2/c1-11-14-8-35-20(36-15-4-3-13(7-34-15)39-23(29,30)9-33-10-24(39,31)32)37-17(14)38(18(41)16(11)12(2)40)19-21(25,26)5-6-22(19,27)28/h3-4,7-8,19,33H,5-6,9-10,25-32H2,1-2H3,(H,34,35,36,37). The molecule has 0 radical (unpaired) electrons. The van der Waals surface area contributed by atoms with Crippen molar-refractivity contribution in [3.8, 4) is 0 Å². The van der Waals surface area contributed by atoms with Crippen LogP contribution in [0.25, 0.3) is 11.0 Å². The van der Waals surface area contributed by atoms with E-state index in [0.29, 0.717) is 28.4 Å². The molecule has 17 heteroatoms. The van der Waals surface area contributed by atoms with Crippen LogP contribution in [-0.4, -0.2) is 112 Å². The van der Waals surface area contributed by atoms with Crippen LogP contribution in [0.15, 0.2) is 29.3 Å². The summed E-state index contributed by atoms with van der Waals surface area (Å²) in [6.45, 7) is 5.05. The second kappa shape index (κ2) is 9.89. The minimum Gasteiger partial charge on any atom is -0.388 e. The normalized spacial score (nSPS) is 21.1. The Balaban J connectivity index is 1.58. The monoisotopic (exact) mass is 543 g/mol. The van der Waals surface area contributed by atoms with Crippen molar-refractivity contribution in [1.29, 1.82) is 0 Å². The van der Waals surface area contributed by atoms with Gasteiger partial charge in [-0.1, -0.05) is 23.3 Å². The van der Waals surface area contributed by atoms with E-state index in [1.165, 1.54) is 6.92 Å². The van der Waals surface area contributed by atoms with Crippen LogP contribution in [0, 0.1) is 6.92 Å². The predicted octanol–water partition coefficient (Wildman–Crippen LogP) is -5.21. The number of anilines is 3. The largest absolute Gasteiger partial charge is 0.388 e. The fraction of sp³-hybridized carbons (Fsp3) is 0.458. The van der Waals surface area contributed by atoms with Gasteiger partial charge in [0, 0.05) is 30.7 Å². The number of fused-ring (bicyclic) bond motifs is 1. The van der Waals surface area contributed by atoms with Gasteiger partial charge in [-0.2, -0.15) is 4.98 Å². The molecule has 0 amide bonds. The molecule has 3 aromatic heterocycles. The summed E-state index contributed by atoms with van der Waals surface area (Å²) in [5, 5.41) is 7.08. The summed E-state index contributed by atoms with van der Waals surface area (Å²) in [4.78, 5) is 43.3. The van der Waals surface area contributed by atoms with Crippen LogP contribution in [-0.2, 0) is 0 Å². The van der Waals surface area contributed by atoms with Crippen LogP contribution < -0.4 is 21.1 Å². The summed E-state index contributed by atoms with van der Waals surface area (Å²) in [5.41, 5.74) is 2.17. The van der Waals surface area contributed by atoms with Crippen molar-refractivity contribution >= 4 is 97.0 Å². The van der Waals surface area contributed by atoms with Gasteiger partial charge in [0.25, 0.3) is 5.56 Å².